The zero-order valence-corrected chi connectivity index (χ0v) is 20.0. The summed E-state index contributed by atoms with van der Waals surface area (Å²) >= 11 is 0. The molecule has 0 aliphatic carbocycles. The van der Waals surface area contributed by atoms with Gasteiger partial charge in [-0.25, -0.2) is 4.39 Å². The van der Waals surface area contributed by atoms with Crippen molar-refractivity contribution in [2.75, 3.05) is 11.4 Å². The number of benzene rings is 4. The predicted octanol–water partition coefficient (Wildman–Crippen LogP) is 6.99. The van der Waals surface area contributed by atoms with Gasteiger partial charge in [-0.05, 0) is 84.3 Å². The Kier molecular flexibility index (Phi) is 6.92. The van der Waals surface area contributed by atoms with Gasteiger partial charge in [-0.3, -0.25) is 0 Å². The molecule has 5 rings (SSSR count). The summed E-state index contributed by atoms with van der Waals surface area (Å²) in [5.74, 6) is 0.303. The Labute approximate surface area is 210 Å². The second-order valence-electron chi connectivity index (χ2n) is 9.49. The zero-order valence-electron chi connectivity index (χ0n) is 20.0. The maximum Gasteiger partial charge on any atom is 0.123 e. The van der Waals surface area contributed by atoms with E-state index in [9.17, 15) is 19.7 Å². The number of phenolic OH excluding ortho intramolecular Hbond substituents is 2. The summed E-state index contributed by atoms with van der Waals surface area (Å²) in [6.07, 6.45) is 1.58. The Balaban J connectivity index is 1.42. The average molecular weight is 484 g/mol. The minimum absolute atomic E-state index is 0.0500. The van der Waals surface area contributed by atoms with Gasteiger partial charge >= 0.3 is 0 Å². The fraction of sp³-hybridized carbons (Fsp3) is 0.226. The lowest BCUT2D eigenvalue weighted by Gasteiger charge is -2.31. The molecule has 3 atom stereocenters. The molecule has 1 aliphatic rings. The Hall–Kier alpha value is -3.83. The van der Waals surface area contributed by atoms with E-state index in [1.165, 1.54) is 12.1 Å². The number of anilines is 1. The second-order valence-corrected chi connectivity index (χ2v) is 9.49. The highest BCUT2D eigenvalue weighted by molar-refractivity contribution is 5.68. The summed E-state index contributed by atoms with van der Waals surface area (Å²) in [5, 5.41) is 31.8. The molecule has 4 aromatic rings. The summed E-state index contributed by atoms with van der Waals surface area (Å²) in [4.78, 5) is 2.33. The van der Waals surface area contributed by atoms with Crippen LogP contribution in [0.2, 0.25) is 0 Å². The monoisotopic (exact) mass is 483 g/mol. The first-order valence-electron chi connectivity index (χ1n) is 12.4. The minimum Gasteiger partial charge on any atom is -0.508 e. The molecule has 36 heavy (non-hydrogen) atoms. The Morgan fingerprint density at radius 1 is 0.833 bits per heavy atom. The maximum absolute atomic E-state index is 13.3. The zero-order chi connectivity index (χ0) is 25.1. The molecule has 0 saturated carbocycles. The summed E-state index contributed by atoms with van der Waals surface area (Å²) in [6.45, 7) is 0.847. The van der Waals surface area contributed by atoms with Crippen molar-refractivity contribution < 1.29 is 19.7 Å². The number of rotatable bonds is 7. The van der Waals surface area contributed by atoms with Crippen LogP contribution in [0.3, 0.4) is 0 Å². The summed E-state index contributed by atoms with van der Waals surface area (Å²) in [6, 6.07) is 28.9. The number of aromatic hydroxyl groups is 2. The standard InChI is InChI=1S/C31H30FNO3/c32-25-13-9-21(10-14-25)29(35)16-12-22-17-18-33(26-6-2-1-3-7-26)31(22)28-15-11-24(20-30(28)36)23-5-4-8-27(34)19-23/h1-11,13-15,19-20,22,29,31,34-36H,12,16-18H2. The molecule has 1 saturated heterocycles. The van der Waals surface area contributed by atoms with Crippen LogP contribution in [-0.2, 0) is 0 Å². The molecule has 184 valence electrons. The van der Waals surface area contributed by atoms with Gasteiger partial charge in [0.05, 0.1) is 12.1 Å². The van der Waals surface area contributed by atoms with E-state index < -0.39 is 6.10 Å². The first-order valence-corrected chi connectivity index (χ1v) is 12.4. The molecule has 1 aliphatic heterocycles. The van der Waals surface area contributed by atoms with Crippen molar-refractivity contribution in [1.82, 2.24) is 0 Å². The highest BCUT2D eigenvalue weighted by atomic mass is 19.1. The van der Waals surface area contributed by atoms with Gasteiger partial charge in [0, 0.05) is 17.8 Å². The molecule has 0 amide bonds. The third kappa shape index (κ3) is 5.07. The quantitative estimate of drug-likeness (QED) is 0.265. The predicted molar refractivity (Wildman–Crippen MR) is 140 cm³/mol. The third-order valence-corrected chi connectivity index (χ3v) is 7.21. The Bertz CT molecular complexity index is 1310. The SMILES string of the molecule is Oc1cccc(-c2ccc(C3C(CCC(O)c4ccc(F)cc4)CCN3c3ccccc3)c(O)c2)c1. The van der Waals surface area contributed by atoms with Crippen LogP contribution < -0.4 is 4.90 Å². The van der Waals surface area contributed by atoms with Gasteiger partial charge in [0.1, 0.15) is 17.3 Å². The van der Waals surface area contributed by atoms with E-state index in [0.29, 0.717) is 12.0 Å². The molecular weight excluding hydrogens is 453 g/mol. The minimum atomic E-state index is -0.668. The highest BCUT2D eigenvalue weighted by Gasteiger charge is 2.37. The molecule has 1 fully saturated rings. The third-order valence-electron chi connectivity index (χ3n) is 7.21. The molecule has 1 heterocycles. The molecule has 0 spiro atoms. The van der Waals surface area contributed by atoms with Gasteiger partial charge in [0.25, 0.3) is 0 Å². The van der Waals surface area contributed by atoms with Crippen LogP contribution in [0.5, 0.6) is 11.5 Å². The van der Waals surface area contributed by atoms with Crippen molar-refractivity contribution in [3.05, 3.63) is 114 Å². The van der Waals surface area contributed by atoms with Crippen molar-refractivity contribution in [3.8, 4) is 22.6 Å². The number of hydrogen-bond donors (Lipinski definition) is 3. The van der Waals surface area contributed by atoms with Gasteiger partial charge in [0.2, 0.25) is 0 Å². The number of phenols is 2. The number of aliphatic hydroxyl groups is 1. The van der Waals surface area contributed by atoms with Crippen molar-refractivity contribution in [1.29, 1.82) is 0 Å². The summed E-state index contributed by atoms with van der Waals surface area (Å²) in [7, 11) is 0. The van der Waals surface area contributed by atoms with E-state index in [-0.39, 0.29) is 29.3 Å². The Morgan fingerprint density at radius 2 is 1.58 bits per heavy atom. The number of para-hydroxylation sites is 1. The van der Waals surface area contributed by atoms with Crippen molar-refractivity contribution in [2.45, 2.75) is 31.4 Å². The van der Waals surface area contributed by atoms with Crippen molar-refractivity contribution in [2.24, 2.45) is 5.92 Å². The average Bonchev–Trinajstić information content (AvgIpc) is 3.32. The molecule has 0 aromatic heterocycles. The van der Waals surface area contributed by atoms with Gasteiger partial charge in [-0.1, -0.05) is 54.6 Å². The lowest BCUT2D eigenvalue weighted by atomic mass is 9.87. The first kappa shape index (κ1) is 23.9. The van der Waals surface area contributed by atoms with E-state index in [1.807, 2.05) is 36.4 Å². The molecule has 3 N–H and O–H groups in total. The number of nitrogens with zero attached hydrogens (tertiary/aromatic N) is 1. The van der Waals surface area contributed by atoms with E-state index in [0.717, 1.165) is 41.8 Å². The maximum atomic E-state index is 13.3. The number of aliphatic hydroxyl groups excluding tert-OH is 1. The molecule has 4 nitrogen and oxygen atoms in total. The number of hydrogen-bond acceptors (Lipinski definition) is 4. The molecule has 0 bridgehead atoms. The molecular formula is C31H30FNO3. The lowest BCUT2D eigenvalue weighted by Crippen LogP contribution is -2.25. The van der Waals surface area contributed by atoms with Gasteiger partial charge in [-0.2, -0.15) is 0 Å². The normalized spacial score (nSPS) is 18.3. The highest BCUT2D eigenvalue weighted by Crippen LogP contribution is 2.46. The van der Waals surface area contributed by atoms with Crippen LogP contribution >= 0.6 is 0 Å². The smallest absolute Gasteiger partial charge is 0.123 e. The fourth-order valence-electron chi connectivity index (χ4n) is 5.37. The van der Waals surface area contributed by atoms with E-state index >= 15 is 0 Å². The fourth-order valence-corrected chi connectivity index (χ4v) is 5.37. The van der Waals surface area contributed by atoms with Crippen LogP contribution in [0.15, 0.2) is 97.1 Å². The molecule has 0 radical (unpaired) electrons. The molecule has 3 unspecified atom stereocenters. The molecule has 5 heteroatoms. The first-order chi connectivity index (χ1) is 17.5. The van der Waals surface area contributed by atoms with E-state index in [1.54, 1.807) is 36.4 Å². The van der Waals surface area contributed by atoms with Crippen LogP contribution in [0.1, 0.15) is 42.5 Å². The van der Waals surface area contributed by atoms with Crippen LogP contribution in [-0.4, -0.2) is 21.9 Å². The van der Waals surface area contributed by atoms with Crippen molar-refractivity contribution >= 4 is 5.69 Å². The van der Waals surface area contributed by atoms with Gasteiger partial charge < -0.3 is 20.2 Å². The van der Waals surface area contributed by atoms with Crippen LogP contribution in [0.25, 0.3) is 11.1 Å². The van der Waals surface area contributed by atoms with E-state index in [2.05, 4.69) is 17.0 Å². The summed E-state index contributed by atoms with van der Waals surface area (Å²) < 4.78 is 13.3. The number of halogens is 1. The van der Waals surface area contributed by atoms with Crippen LogP contribution in [0.4, 0.5) is 10.1 Å². The topological polar surface area (TPSA) is 63.9 Å². The van der Waals surface area contributed by atoms with Crippen molar-refractivity contribution in [3.63, 3.8) is 0 Å². The van der Waals surface area contributed by atoms with E-state index in [4.69, 9.17) is 0 Å². The van der Waals surface area contributed by atoms with Gasteiger partial charge in [-0.15, -0.1) is 0 Å². The Morgan fingerprint density at radius 3 is 2.31 bits per heavy atom. The summed E-state index contributed by atoms with van der Waals surface area (Å²) in [5.41, 5.74) is 4.33. The molecule has 4 aromatic carbocycles. The lowest BCUT2D eigenvalue weighted by molar-refractivity contribution is 0.155. The largest absolute Gasteiger partial charge is 0.508 e. The van der Waals surface area contributed by atoms with Crippen LogP contribution in [0, 0.1) is 11.7 Å². The second kappa shape index (κ2) is 10.4. The van der Waals surface area contributed by atoms with Gasteiger partial charge in [0.15, 0.2) is 0 Å².